The Hall–Kier alpha value is -2.12. The van der Waals surface area contributed by atoms with Gasteiger partial charge in [-0.15, -0.1) is 11.3 Å². The van der Waals surface area contributed by atoms with Crippen LogP contribution in [0.4, 0.5) is 10.8 Å². The number of thiazole rings is 1. The Balaban J connectivity index is 1.39. The lowest BCUT2D eigenvalue weighted by molar-refractivity contribution is -0.129. The first-order valence-corrected chi connectivity index (χ1v) is 11.2. The third-order valence-electron chi connectivity index (χ3n) is 5.72. The highest BCUT2D eigenvalue weighted by atomic mass is 35.5. The van der Waals surface area contributed by atoms with Crippen molar-refractivity contribution < 1.29 is 9.59 Å². The number of hydrogen-bond acceptors (Lipinski definition) is 5. The number of anilines is 2. The molecule has 0 saturated carbocycles. The third-order valence-corrected chi connectivity index (χ3v) is 7.32. The van der Waals surface area contributed by atoms with E-state index in [1.165, 1.54) is 4.88 Å². The Bertz CT molecular complexity index is 937. The monoisotopic (exact) mass is 432 g/mol. The van der Waals surface area contributed by atoms with E-state index in [0.29, 0.717) is 5.02 Å². The first-order valence-electron chi connectivity index (χ1n) is 9.97. The molecule has 1 aliphatic carbocycles. The van der Waals surface area contributed by atoms with E-state index in [2.05, 4.69) is 10.2 Å². The Labute approximate surface area is 179 Å². The van der Waals surface area contributed by atoms with Crippen LogP contribution in [0, 0.1) is 12.8 Å². The number of carbonyl (C=O) groups is 2. The lowest BCUT2D eigenvalue weighted by Gasteiger charge is -2.33. The zero-order valence-corrected chi connectivity index (χ0v) is 18.3. The smallest absolute Gasteiger partial charge is 0.227 e. The molecule has 1 N–H and O–H groups in total. The third kappa shape index (κ3) is 4.41. The number of nitrogens with zero attached hydrogens (tertiary/aromatic N) is 3. The fourth-order valence-electron chi connectivity index (χ4n) is 3.90. The van der Waals surface area contributed by atoms with Gasteiger partial charge in [0.2, 0.25) is 11.8 Å². The molecule has 0 radical (unpaired) electrons. The Kier molecular flexibility index (Phi) is 5.79. The van der Waals surface area contributed by atoms with Crippen molar-refractivity contribution in [3.8, 4) is 0 Å². The fraction of sp³-hybridized carbons (Fsp3) is 0.476. The predicted molar refractivity (Wildman–Crippen MR) is 117 cm³/mol. The van der Waals surface area contributed by atoms with Crippen LogP contribution in [0.1, 0.15) is 29.5 Å². The summed E-state index contributed by atoms with van der Waals surface area (Å²) >= 11 is 7.77. The average Bonchev–Trinajstić information content (AvgIpc) is 3.14. The molecule has 0 unspecified atom stereocenters. The van der Waals surface area contributed by atoms with E-state index in [0.717, 1.165) is 67.5 Å². The lowest BCUT2D eigenvalue weighted by atomic mass is 9.90. The minimum Gasteiger partial charge on any atom is -0.345 e. The molecule has 2 heterocycles. The second kappa shape index (κ2) is 8.32. The van der Waals surface area contributed by atoms with Gasteiger partial charge in [0.05, 0.1) is 5.69 Å². The van der Waals surface area contributed by atoms with E-state index in [-0.39, 0.29) is 17.7 Å². The topological polar surface area (TPSA) is 65.5 Å². The average molecular weight is 433 g/mol. The number of rotatable bonds is 3. The standard InChI is InChI=1S/C21H25ClN4O2S/c1-13-11-16(4-5-17(13)22)23-20(28)15-3-6-18-19(12-15)29-21(24-18)26-9-7-25(8-10-26)14(2)27/h4-5,11,15H,3,6-10,12H2,1-2H3,(H,23,28)/t15-/m0/s1. The number of nitrogens with one attached hydrogen (secondary N) is 1. The van der Waals surface area contributed by atoms with E-state index in [1.54, 1.807) is 18.3 Å². The highest BCUT2D eigenvalue weighted by molar-refractivity contribution is 7.15. The van der Waals surface area contributed by atoms with E-state index < -0.39 is 0 Å². The Morgan fingerprint density at radius 1 is 1.24 bits per heavy atom. The summed E-state index contributed by atoms with van der Waals surface area (Å²) < 4.78 is 0. The van der Waals surface area contributed by atoms with Gasteiger partial charge in [0, 0.05) is 54.6 Å². The van der Waals surface area contributed by atoms with Crippen LogP contribution in [0.2, 0.25) is 5.02 Å². The maximum Gasteiger partial charge on any atom is 0.227 e. The summed E-state index contributed by atoms with van der Waals surface area (Å²) in [7, 11) is 0. The van der Waals surface area contributed by atoms with Crippen LogP contribution in [0.25, 0.3) is 0 Å². The fourth-order valence-corrected chi connectivity index (χ4v) is 5.26. The van der Waals surface area contributed by atoms with Gasteiger partial charge < -0.3 is 15.1 Å². The second-order valence-electron chi connectivity index (χ2n) is 7.75. The lowest BCUT2D eigenvalue weighted by Crippen LogP contribution is -2.48. The molecule has 1 aliphatic heterocycles. The first-order chi connectivity index (χ1) is 13.9. The van der Waals surface area contributed by atoms with E-state index in [9.17, 15) is 9.59 Å². The van der Waals surface area contributed by atoms with Gasteiger partial charge in [-0.3, -0.25) is 9.59 Å². The van der Waals surface area contributed by atoms with Crippen molar-refractivity contribution in [2.45, 2.75) is 33.1 Å². The molecule has 1 atom stereocenters. The van der Waals surface area contributed by atoms with Crippen LogP contribution in [-0.4, -0.2) is 47.9 Å². The Morgan fingerprint density at radius 2 is 2.00 bits per heavy atom. The molecule has 0 spiro atoms. The molecule has 2 aliphatic rings. The van der Waals surface area contributed by atoms with Gasteiger partial charge in [-0.05, 0) is 49.9 Å². The molecule has 8 heteroatoms. The quantitative estimate of drug-likeness (QED) is 0.805. The number of benzene rings is 1. The van der Waals surface area contributed by atoms with Gasteiger partial charge in [0.1, 0.15) is 0 Å². The maximum atomic E-state index is 12.8. The summed E-state index contributed by atoms with van der Waals surface area (Å²) in [5.74, 6) is 0.150. The zero-order valence-electron chi connectivity index (χ0n) is 16.7. The van der Waals surface area contributed by atoms with Crippen LogP contribution in [-0.2, 0) is 22.4 Å². The molecular formula is C21H25ClN4O2S. The maximum absolute atomic E-state index is 12.8. The molecule has 29 heavy (non-hydrogen) atoms. The Morgan fingerprint density at radius 3 is 2.69 bits per heavy atom. The molecular weight excluding hydrogens is 408 g/mol. The zero-order chi connectivity index (χ0) is 20.5. The molecule has 1 saturated heterocycles. The molecule has 1 aromatic heterocycles. The summed E-state index contributed by atoms with van der Waals surface area (Å²) in [5, 5.41) is 4.76. The first kappa shape index (κ1) is 20.2. The van der Waals surface area contributed by atoms with Gasteiger partial charge >= 0.3 is 0 Å². The molecule has 4 rings (SSSR count). The number of carbonyl (C=O) groups excluding carboxylic acids is 2. The van der Waals surface area contributed by atoms with Gasteiger partial charge in [0.15, 0.2) is 5.13 Å². The van der Waals surface area contributed by atoms with Crippen molar-refractivity contribution in [3.63, 3.8) is 0 Å². The van der Waals surface area contributed by atoms with Crippen LogP contribution in [0.5, 0.6) is 0 Å². The van der Waals surface area contributed by atoms with Gasteiger partial charge in [-0.2, -0.15) is 0 Å². The molecule has 1 fully saturated rings. The van der Waals surface area contributed by atoms with Crippen molar-refractivity contribution in [3.05, 3.63) is 39.4 Å². The molecule has 0 bridgehead atoms. The minimum atomic E-state index is -0.0404. The van der Waals surface area contributed by atoms with Crippen LogP contribution < -0.4 is 10.2 Å². The molecule has 2 aromatic rings. The summed E-state index contributed by atoms with van der Waals surface area (Å²) in [4.78, 5) is 34.5. The number of halogens is 1. The number of fused-ring (bicyclic) bond motifs is 1. The number of amides is 2. The van der Waals surface area contributed by atoms with Crippen molar-refractivity contribution in [1.29, 1.82) is 0 Å². The summed E-state index contributed by atoms with van der Waals surface area (Å²) in [6.45, 7) is 6.65. The summed E-state index contributed by atoms with van der Waals surface area (Å²) in [6.07, 6.45) is 2.38. The van der Waals surface area contributed by atoms with Crippen molar-refractivity contribution >= 4 is 45.6 Å². The van der Waals surface area contributed by atoms with Gasteiger partial charge in [0.25, 0.3) is 0 Å². The molecule has 154 valence electrons. The molecule has 6 nitrogen and oxygen atoms in total. The highest BCUT2D eigenvalue weighted by Crippen LogP contribution is 2.35. The highest BCUT2D eigenvalue weighted by Gasteiger charge is 2.29. The molecule has 1 aromatic carbocycles. The summed E-state index contributed by atoms with van der Waals surface area (Å²) in [5.41, 5.74) is 2.87. The van der Waals surface area contributed by atoms with Crippen molar-refractivity contribution in [2.24, 2.45) is 5.92 Å². The van der Waals surface area contributed by atoms with Gasteiger partial charge in [-0.1, -0.05) is 11.6 Å². The van der Waals surface area contributed by atoms with E-state index in [4.69, 9.17) is 16.6 Å². The minimum absolute atomic E-state index is 0.0404. The summed E-state index contributed by atoms with van der Waals surface area (Å²) in [6, 6.07) is 5.56. The molecule has 2 amide bonds. The number of hydrogen-bond donors (Lipinski definition) is 1. The SMILES string of the molecule is CC(=O)N1CCN(c2nc3c(s2)C[C@@H](C(=O)Nc2ccc(Cl)c(C)c2)CC3)CC1. The van der Waals surface area contributed by atoms with Crippen LogP contribution in [0.15, 0.2) is 18.2 Å². The van der Waals surface area contributed by atoms with Crippen LogP contribution >= 0.6 is 22.9 Å². The van der Waals surface area contributed by atoms with E-state index in [1.807, 2.05) is 30.0 Å². The van der Waals surface area contributed by atoms with Crippen molar-refractivity contribution in [1.82, 2.24) is 9.88 Å². The number of piperazine rings is 1. The van der Waals surface area contributed by atoms with E-state index >= 15 is 0 Å². The largest absolute Gasteiger partial charge is 0.345 e. The number of aryl methyl sites for hydroxylation is 2. The second-order valence-corrected chi connectivity index (χ2v) is 9.22. The van der Waals surface area contributed by atoms with Crippen molar-refractivity contribution in [2.75, 3.05) is 36.4 Å². The van der Waals surface area contributed by atoms with Gasteiger partial charge in [-0.25, -0.2) is 4.98 Å². The van der Waals surface area contributed by atoms with Crippen LogP contribution in [0.3, 0.4) is 0 Å². The normalized spacial score (nSPS) is 19.1. The number of aromatic nitrogens is 1. The predicted octanol–water partition coefficient (Wildman–Crippen LogP) is 3.52.